The Hall–Kier alpha value is -15.4. The molecule has 4 aromatic heterocycles. The fourth-order valence-corrected chi connectivity index (χ4v) is 16.1. The molecule has 768 valence electrons. The predicted molar refractivity (Wildman–Crippen MR) is 519 cm³/mol. The standard InChI is InChI=1S/C100H128N18O25/c1-9-28-77(121)99(5,96(135)137-7)79-34-17-13-11-15-19-37-84-110-76(58-140-84)95(134)143-80(35-18-14-12-16-20-36-83-109-75(57-139-83)94(133)142-79)100(6,97(136)138-8)78(29-10-2)141-85(124)45-44-81(122)104-46-24-23-32-67(86(125)113-70(50-60(3)4)88(127)112-69(33-27-47-105-98(101)102)93(132)118-48-25-26-49-118)111-89(128)71(51-61-38-40-64(120)41-39-61)114-92(131)74(56-119)117-90(129)72(52-62-54-106-66-31-22-21-30-65(62)66)115-91(130)73(53-63-55-103-59-107-63)116-87(126)68-42-43-82(123)108-68/h9-22,28-31,36-41,54-55,57-60,67-74,77-80,106,119-121H,23-27,32-35,42-53,56H2,1-8H3,(H,103,107)(H,104,122)(H,108,123)(H,111,128)(H,112,127)(H,113,125)(H,114,131)(H,115,130)(H,116,126)(H,117,129)(H4,101,102,105)/b15-11+,16-12+,17-13-,18-14-,28-9+,29-10+,36-20+,37-19+/t67-,68-,69-,70-,71-,72-,73-,74-,77?,78?,79?,80?,99?,100?/m0/s1. The molecular formula is C100H128N18O25. The van der Waals surface area contributed by atoms with Crippen LogP contribution in [-0.4, -0.2) is 260 Å². The summed E-state index contributed by atoms with van der Waals surface area (Å²) in [6, 6.07) is 1.11. The van der Waals surface area contributed by atoms with E-state index >= 15 is 9.59 Å². The minimum atomic E-state index is -2.07. The van der Waals surface area contributed by atoms with Gasteiger partial charge in [0.2, 0.25) is 70.9 Å². The number of aliphatic hydroxyl groups is 2. The number of hydrogen-bond acceptors (Lipinski definition) is 29. The minimum absolute atomic E-state index is 0.00474. The number of cyclic esters (lactones) is 2. The zero-order chi connectivity index (χ0) is 104. The minimum Gasteiger partial charge on any atom is -0.508 e. The molecule has 18 N–H and O–H groups in total. The summed E-state index contributed by atoms with van der Waals surface area (Å²) in [4.78, 5) is 234. The summed E-state index contributed by atoms with van der Waals surface area (Å²) >= 11 is 0. The number of ether oxygens (including phenoxy) is 5. The lowest BCUT2D eigenvalue weighted by atomic mass is 9.76. The number of esters is 5. The number of nitrogens with zero attached hydrogens (tertiary/aromatic N) is 4. The van der Waals surface area contributed by atoms with E-state index < -0.39 is 180 Å². The molecule has 2 fully saturated rings. The van der Waals surface area contributed by atoms with Crippen molar-refractivity contribution in [3.63, 3.8) is 0 Å². The number of H-pyrrole nitrogens is 2. The molecular weight excluding hydrogens is 1850 g/mol. The number of benzene rings is 2. The number of phenolic OH excluding ortho intramolecular Hbond substituents is 1. The van der Waals surface area contributed by atoms with Crippen LogP contribution in [0.5, 0.6) is 5.75 Å². The number of methoxy groups -OCH3 is 2. The van der Waals surface area contributed by atoms with Gasteiger partial charge in [0, 0.05) is 112 Å². The molecule has 10 amide bonds. The molecule has 9 rings (SSSR count). The van der Waals surface area contributed by atoms with E-state index in [1.807, 2.05) is 0 Å². The molecule has 6 unspecified atom stereocenters. The second kappa shape index (κ2) is 55.5. The number of rotatable bonds is 45. The van der Waals surface area contributed by atoms with E-state index in [1.165, 1.54) is 111 Å². The number of nitrogens with one attached hydrogen (secondary N) is 13. The van der Waals surface area contributed by atoms with Crippen molar-refractivity contribution in [2.24, 2.45) is 22.5 Å². The van der Waals surface area contributed by atoms with Crippen molar-refractivity contribution in [2.45, 2.75) is 223 Å². The van der Waals surface area contributed by atoms with E-state index in [-0.39, 0.29) is 149 Å². The Morgan fingerprint density at radius 2 is 1.16 bits per heavy atom. The van der Waals surface area contributed by atoms with Crippen LogP contribution in [0.25, 0.3) is 23.1 Å². The fourth-order valence-electron chi connectivity index (χ4n) is 16.1. The number of aromatic hydroxyl groups is 1. The summed E-state index contributed by atoms with van der Waals surface area (Å²) < 4.78 is 39.5. The second-order valence-electron chi connectivity index (χ2n) is 35.2. The first-order valence-corrected chi connectivity index (χ1v) is 47.2. The maximum Gasteiger partial charge on any atom is 0.360 e. The number of aromatic nitrogens is 5. The first-order chi connectivity index (χ1) is 68.6. The van der Waals surface area contributed by atoms with Gasteiger partial charge in [-0.2, -0.15) is 0 Å². The number of phenols is 1. The molecule has 0 spiro atoms. The van der Waals surface area contributed by atoms with Crippen molar-refractivity contribution in [3.8, 4) is 5.75 Å². The van der Waals surface area contributed by atoms with Gasteiger partial charge in [-0.05, 0) is 127 Å². The van der Waals surface area contributed by atoms with Crippen molar-refractivity contribution < 1.29 is 120 Å². The van der Waals surface area contributed by atoms with Gasteiger partial charge in [-0.25, -0.2) is 24.5 Å². The van der Waals surface area contributed by atoms with E-state index in [4.69, 9.17) is 43.7 Å². The van der Waals surface area contributed by atoms with Crippen LogP contribution in [-0.2, 0) is 105 Å². The number of carbonyl (C=O) groups is 15. The quantitative estimate of drug-likeness (QED) is 0.00623. The lowest BCUT2D eigenvalue weighted by Gasteiger charge is -2.38. The molecule has 4 bridgehead atoms. The maximum absolute atomic E-state index is 15.3. The van der Waals surface area contributed by atoms with Crippen LogP contribution in [0.1, 0.15) is 181 Å². The highest BCUT2D eigenvalue weighted by Gasteiger charge is 2.53. The number of hydrogen-bond donors (Lipinski definition) is 17. The third-order valence-electron chi connectivity index (χ3n) is 24.1. The predicted octanol–water partition coefficient (Wildman–Crippen LogP) is 4.54. The summed E-state index contributed by atoms with van der Waals surface area (Å²) in [6.45, 7) is 9.41. The van der Waals surface area contributed by atoms with Crippen molar-refractivity contribution >= 4 is 118 Å². The number of oxazole rings is 2. The molecule has 7 heterocycles. The number of guanidine groups is 1. The molecule has 3 aliphatic heterocycles. The smallest absolute Gasteiger partial charge is 0.360 e. The van der Waals surface area contributed by atoms with Crippen LogP contribution >= 0.6 is 0 Å². The number of fused-ring (bicyclic) bond motifs is 5. The first kappa shape index (κ1) is 111. The molecule has 3 aliphatic rings. The van der Waals surface area contributed by atoms with Gasteiger partial charge in [-0.15, -0.1) is 0 Å². The fraction of sp³-hybridized carbons (Fsp3) is 0.450. The van der Waals surface area contributed by atoms with Crippen LogP contribution in [0.4, 0.5) is 0 Å². The molecule has 43 nitrogen and oxygen atoms in total. The number of allylic oxidation sites excluding steroid dienone is 10. The van der Waals surface area contributed by atoms with E-state index in [9.17, 15) is 77.6 Å². The van der Waals surface area contributed by atoms with Gasteiger partial charge in [0.25, 0.3) is 0 Å². The summed E-state index contributed by atoms with van der Waals surface area (Å²) in [5, 5.41) is 67.9. The number of para-hydroxylation sites is 1. The van der Waals surface area contributed by atoms with Gasteiger partial charge in [0.05, 0.1) is 39.7 Å². The summed E-state index contributed by atoms with van der Waals surface area (Å²) in [6.07, 6.45) is 24.4. The number of unbranched alkanes of at least 4 members (excludes halogenated alkanes) is 1. The van der Waals surface area contributed by atoms with Crippen molar-refractivity contribution in [3.05, 3.63) is 205 Å². The number of imidazole rings is 1. The zero-order valence-electron chi connectivity index (χ0n) is 81.0. The van der Waals surface area contributed by atoms with Crippen molar-refractivity contribution in [1.29, 1.82) is 5.41 Å². The maximum atomic E-state index is 15.3. The summed E-state index contributed by atoms with van der Waals surface area (Å²) in [5.74, 6) is -13.6. The van der Waals surface area contributed by atoms with Gasteiger partial charge in [0.1, 0.15) is 95.8 Å². The Morgan fingerprint density at radius 3 is 1.74 bits per heavy atom. The Kier molecular flexibility index (Phi) is 43.2. The molecule has 2 saturated heterocycles. The van der Waals surface area contributed by atoms with Crippen LogP contribution < -0.4 is 58.9 Å². The van der Waals surface area contributed by atoms with Crippen molar-refractivity contribution in [2.75, 3.05) is 47.0 Å². The lowest BCUT2D eigenvalue weighted by Crippen LogP contribution is -2.61. The summed E-state index contributed by atoms with van der Waals surface area (Å²) in [7, 11) is 2.21. The molecule has 6 aromatic rings. The highest BCUT2D eigenvalue weighted by atomic mass is 16.6. The Balaban J connectivity index is 0.923. The monoisotopic (exact) mass is 1980 g/mol. The molecule has 43 heteroatoms. The SMILES string of the molecule is C/C=C/C(O)C(C)(C(=O)OC)C1C\C=C/C=C/C=C/c2nc(co2)C(=O)OC(C(C)(C(=O)OC)C(/C=C/C)OC(=O)CCC(=O)NCCCC[C@H](NC(=O)[C@H](Cc2ccc(O)cc2)NC(=O)[C@H](CO)NC(=O)[C@H](Cc2c[nH]c3ccccc23)NC(=O)[C@H](Cc2cnc[nH]2)NC(=O)[C@@H]2CCC(=O)N2)C(=O)N[C@@H](CC(C)C)C(=O)N[C@@H](CCCNC(=N)N)C(=O)N2CCCC2)C\C=C/C=C/C=C/c2nc(co2)C(=O)O1. The second-order valence-corrected chi connectivity index (χ2v) is 35.2. The topological polar surface area (TPSA) is 633 Å². The molecule has 2 aromatic carbocycles. The van der Waals surface area contributed by atoms with Gasteiger partial charge in [-0.3, -0.25) is 67.7 Å². The zero-order valence-corrected chi connectivity index (χ0v) is 81.0. The highest BCUT2D eigenvalue weighted by Crippen LogP contribution is 2.38. The lowest BCUT2D eigenvalue weighted by molar-refractivity contribution is -0.176. The Bertz CT molecular complexity index is 5650. The third-order valence-corrected chi connectivity index (χ3v) is 24.1. The Morgan fingerprint density at radius 1 is 0.622 bits per heavy atom. The number of likely N-dealkylation sites (tertiary alicyclic amines) is 1. The van der Waals surface area contributed by atoms with Gasteiger partial charge in [0.15, 0.2) is 17.3 Å². The van der Waals surface area contributed by atoms with Gasteiger partial charge < -0.3 is 122 Å². The van der Waals surface area contributed by atoms with Crippen molar-refractivity contribution in [1.82, 2.24) is 83.0 Å². The highest BCUT2D eigenvalue weighted by molar-refractivity contribution is 6.00. The van der Waals surface area contributed by atoms with Gasteiger partial charge >= 0.3 is 29.8 Å². The number of carbonyl (C=O) groups excluding carboxylic acids is 15. The van der Waals surface area contributed by atoms with E-state index in [0.717, 1.165) is 39.6 Å². The number of nitrogens with two attached hydrogens (primary N) is 1. The van der Waals surface area contributed by atoms with Crippen LogP contribution in [0.15, 0.2) is 174 Å². The largest absolute Gasteiger partial charge is 0.508 e. The molecule has 0 aliphatic carbocycles. The average molecular weight is 1980 g/mol. The van der Waals surface area contributed by atoms with E-state index in [2.05, 4.69) is 78.1 Å². The average Bonchev–Trinajstić information content (AvgIpc) is 1.52. The molecule has 14 atom stereocenters. The number of aromatic amines is 2. The normalized spacial score (nSPS) is 19.3. The summed E-state index contributed by atoms with van der Waals surface area (Å²) in [5.41, 5.74) is 3.02. The number of aliphatic hydroxyl groups excluding tert-OH is 2. The molecule has 0 saturated carbocycles. The van der Waals surface area contributed by atoms with Gasteiger partial charge in [-0.1, -0.05) is 123 Å². The molecule has 143 heavy (non-hydrogen) atoms. The van der Waals surface area contributed by atoms with Crippen LogP contribution in [0.3, 0.4) is 0 Å². The van der Waals surface area contributed by atoms with E-state index in [0.29, 0.717) is 40.8 Å². The Labute approximate surface area is 825 Å². The molecule has 0 radical (unpaired) electrons. The van der Waals surface area contributed by atoms with Crippen LogP contribution in [0.2, 0.25) is 0 Å². The number of amides is 10. The third kappa shape index (κ3) is 33.1. The van der Waals surface area contributed by atoms with E-state index in [1.54, 1.807) is 99.5 Å². The van der Waals surface area contributed by atoms with Crippen LogP contribution in [0, 0.1) is 22.2 Å². The first-order valence-electron chi connectivity index (χ1n) is 47.2.